The first-order valence-electron chi connectivity index (χ1n) is 7.94. The fourth-order valence-corrected chi connectivity index (χ4v) is 2.78. The third kappa shape index (κ3) is 4.15. The van der Waals surface area contributed by atoms with Gasteiger partial charge in [-0.2, -0.15) is 0 Å². The Kier molecular flexibility index (Phi) is 4.87. The maximum Gasteiger partial charge on any atom is 0.269 e. The molecule has 0 aromatic heterocycles. The molecule has 0 spiro atoms. The van der Waals surface area contributed by atoms with Crippen LogP contribution in [0.1, 0.15) is 30.1 Å². The highest BCUT2D eigenvalue weighted by Gasteiger charge is 2.30. The molecule has 1 aliphatic carbocycles. The monoisotopic (exact) mass is 330 g/mol. The summed E-state index contributed by atoms with van der Waals surface area (Å²) in [5.41, 5.74) is 1.49. The number of hydrogen-bond acceptors (Lipinski definition) is 4. The van der Waals surface area contributed by atoms with Crippen LogP contribution in [0.2, 0.25) is 0 Å². The molecule has 0 amide bonds. The number of non-ortho nitro benzene ring substituents is 1. The Morgan fingerprint density at radius 2 is 1.96 bits per heavy atom. The van der Waals surface area contributed by atoms with Crippen LogP contribution >= 0.6 is 0 Å². The highest BCUT2D eigenvalue weighted by Crippen LogP contribution is 2.31. The Morgan fingerprint density at radius 3 is 2.58 bits per heavy atom. The molecule has 1 fully saturated rings. The van der Waals surface area contributed by atoms with Gasteiger partial charge in [0.15, 0.2) is 0 Å². The lowest BCUT2D eigenvalue weighted by molar-refractivity contribution is -0.385. The van der Waals surface area contributed by atoms with Crippen LogP contribution in [0, 0.1) is 15.9 Å². The molecule has 3 rings (SSSR count). The summed E-state index contributed by atoms with van der Waals surface area (Å²) in [6, 6.07) is 12.8. The van der Waals surface area contributed by atoms with E-state index in [0.29, 0.717) is 24.7 Å². The van der Waals surface area contributed by atoms with E-state index in [4.69, 9.17) is 0 Å². The molecule has 0 aliphatic heterocycles. The van der Waals surface area contributed by atoms with Crippen molar-refractivity contribution < 1.29 is 14.4 Å². The van der Waals surface area contributed by atoms with Gasteiger partial charge in [-0.1, -0.05) is 24.3 Å². The maximum atomic E-state index is 13.0. The molecule has 5 nitrogen and oxygen atoms in total. The Bertz CT molecular complexity index is 716. The molecule has 2 aromatic carbocycles. The Hall–Kier alpha value is -2.31. The second-order valence-electron chi connectivity index (χ2n) is 6.15. The minimum Gasteiger partial charge on any atom is -0.387 e. The highest BCUT2D eigenvalue weighted by molar-refractivity contribution is 5.35. The molecule has 2 aromatic rings. The van der Waals surface area contributed by atoms with E-state index in [1.165, 1.54) is 24.3 Å². The maximum absolute atomic E-state index is 13.0. The zero-order chi connectivity index (χ0) is 17.1. The summed E-state index contributed by atoms with van der Waals surface area (Å²) in [7, 11) is 0. The summed E-state index contributed by atoms with van der Waals surface area (Å²) in [6.07, 6.45) is 1.34. The summed E-state index contributed by atoms with van der Waals surface area (Å²) in [6.45, 7) is 1.01. The van der Waals surface area contributed by atoms with Crippen molar-refractivity contribution in [1.29, 1.82) is 0 Å². The van der Waals surface area contributed by atoms with Gasteiger partial charge in [0, 0.05) is 31.3 Å². The first kappa shape index (κ1) is 16.5. The standard InChI is InChI=1S/C18H19FN2O3/c19-15-6-4-13(5-7-15)11-20(16-8-9-16)12-18(22)14-2-1-3-17(10-14)21(23)24/h1-7,10,16,18,22H,8-9,11-12H2. The second-order valence-corrected chi connectivity index (χ2v) is 6.15. The largest absolute Gasteiger partial charge is 0.387 e. The van der Waals surface area contributed by atoms with Gasteiger partial charge < -0.3 is 5.11 Å². The SMILES string of the molecule is O=[N+]([O-])c1cccc(C(O)CN(Cc2ccc(F)cc2)C2CC2)c1. The molecule has 126 valence electrons. The van der Waals surface area contributed by atoms with E-state index in [0.717, 1.165) is 18.4 Å². The van der Waals surface area contributed by atoms with Crippen LogP contribution in [0.4, 0.5) is 10.1 Å². The smallest absolute Gasteiger partial charge is 0.269 e. The van der Waals surface area contributed by atoms with Crippen molar-refractivity contribution in [2.24, 2.45) is 0 Å². The lowest BCUT2D eigenvalue weighted by atomic mass is 10.1. The van der Waals surface area contributed by atoms with Crippen molar-refractivity contribution in [1.82, 2.24) is 4.90 Å². The van der Waals surface area contributed by atoms with Crippen molar-refractivity contribution in [2.75, 3.05) is 6.54 Å². The van der Waals surface area contributed by atoms with Gasteiger partial charge in [0.2, 0.25) is 0 Å². The summed E-state index contributed by atoms with van der Waals surface area (Å²) in [4.78, 5) is 12.6. The number of nitro benzene ring substituents is 1. The van der Waals surface area contributed by atoms with E-state index in [1.54, 1.807) is 24.3 Å². The third-order valence-electron chi connectivity index (χ3n) is 4.24. The molecule has 1 unspecified atom stereocenters. The van der Waals surface area contributed by atoms with Crippen molar-refractivity contribution in [3.8, 4) is 0 Å². The number of aliphatic hydroxyl groups excluding tert-OH is 1. The Balaban J connectivity index is 1.70. The van der Waals surface area contributed by atoms with Gasteiger partial charge in [-0.3, -0.25) is 15.0 Å². The Morgan fingerprint density at radius 1 is 1.25 bits per heavy atom. The minimum absolute atomic E-state index is 0.0249. The molecule has 1 N–H and O–H groups in total. The fourth-order valence-electron chi connectivity index (χ4n) is 2.78. The van der Waals surface area contributed by atoms with Gasteiger partial charge >= 0.3 is 0 Å². The van der Waals surface area contributed by atoms with Crippen LogP contribution in [-0.2, 0) is 6.54 Å². The summed E-state index contributed by atoms with van der Waals surface area (Å²) in [5, 5.41) is 21.3. The van der Waals surface area contributed by atoms with E-state index in [-0.39, 0.29) is 11.5 Å². The van der Waals surface area contributed by atoms with Crippen molar-refractivity contribution >= 4 is 5.69 Å². The lowest BCUT2D eigenvalue weighted by Crippen LogP contribution is -2.30. The number of aliphatic hydroxyl groups is 1. The van der Waals surface area contributed by atoms with Crippen LogP contribution in [-0.4, -0.2) is 27.5 Å². The predicted octanol–water partition coefficient (Wildman–Crippen LogP) is 3.43. The van der Waals surface area contributed by atoms with Crippen LogP contribution in [0.25, 0.3) is 0 Å². The molecule has 24 heavy (non-hydrogen) atoms. The fraction of sp³-hybridized carbons (Fsp3) is 0.333. The molecule has 1 atom stereocenters. The van der Waals surface area contributed by atoms with E-state index in [1.807, 2.05) is 0 Å². The van der Waals surface area contributed by atoms with E-state index < -0.39 is 11.0 Å². The molecule has 0 bridgehead atoms. The molecule has 1 saturated carbocycles. The number of nitrogens with zero attached hydrogens (tertiary/aromatic N) is 2. The number of nitro groups is 1. The van der Waals surface area contributed by atoms with Gasteiger partial charge in [0.1, 0.15) is 5.82 Å². The summed E-state index contributed by atoms with van der Waals surface area (Å²) >= 11 is 0. The normalized spacial score (nSPS) is 15.5. The summed E-state index contributed by atoms with van der Waals surface area (Å²) < 4.78 is 13.0. The van der Waals surface area contributed by atoms with Crippen LogP contribution in [0.15, 0.2) is 48.5 Å². The van der Waals surface area contributed by atoms with E-state index >= 15 is 0 Å². The molecule has 0 saturated heterocycles. The molecular formula is C18H19FN2O3. The first-order valence-corrected chi connectivity index (χ1v) is 7.94. The van der Waals surface area contributed by atoms with Crippen molar-refractivity contribution in [2.45, 2.75) is 31.5 Å². The highest BCUT2D eigenvalue weighted by atomic mass is 19.1. The van der Waals surface area contributed by atoms with Gasteiger partial charge in [-0.15, -0.1) is 0 Å². The van der Waals surface area contributed by atoms with Crippen molar-refractivity contribution in [3.63, 3.8) is 0 Å². The quantitative estimate of drug-likeness (QED) is 0.624. The van der Waals surface area contributed by atoms with E-state index in [2.05, 4.69) is 4.90 Å². The minimum atomic E-state index is -0.800. The van der Waals surface area contributed by atoms with Crippen LogP contribution in [0.5, 0.6) is 0 Å². The Labute approximate surface area is 139 Å². The molecule has 1 aliphatic rings. The number of halogens is 1. The predicted molar refractivity (Wildman–Crippen MR) is 87.9 cm³/mol. The number of hydrogen-bond donors (Lipinski definition) is 1. The zero-order valence-electron chi connectivity index (χ0n) is 13.1. The van der Waals surface area contributed by atoms with Crippen LogP contribution < -0.4 is 0 Å². The van der Waals surface area contributed by atoms with Gasteiger partial charge in [0.25, 0.3) is 5.69 Å². The number of benzene rings is 2. The molecule has 6 heteroatoms. The molecular weight excluding hydrogens is 311 g/mol. The van der Waals surface area contributed by atoms with Crippen molar-refractivity contribution in [3.05, 3.63) is 75.6 Å². The topological polar surface area (TPSA) is 66.6 Å². The van der Waals surface area contributed by atoms with Gasteiger partial charge in [-0.05, 0) is 36.1 Å². The zero-order valence-corrected chi connectivity index (χ0v) is 13.1. The van der Waals surface area contributed by atoms with E-state index in [9.17, 15) is 19.6 Å². The van der Waals surface area contributed by atoms with Gasteiger partial charge in [-0.25, -0.2) is 4.39 Å². The average Bonchev–Trinajstić information content (AvgIpc) is 3.41. The second kappa shape index (κ2) is 7.07. The average molecular weight is 330 g/mol. The van der Waals surface area contributed by atoms with Crippen LogP contribution in [0.3, 0.4) is 0 Å². The summed E-state index contributed by atoms with van der Waals surface area (Å²) in [5.74, 6) is -0.270. The molecule has 0 radical (unpaired) electrons. The van der Waals surface area contributed by atoms with Gasteiger partial charge in [0.05, 0.1) is 11.0 Å². The number of rotatable bonds is 7. The first-order chi connectivity index (χ1) is 11.5. The molecule has 0 heterocycles. The lowest BCUT2D eigenvalue weighted by Gasteiger charge is -2.25. The third-order valence-corrected chi connectivity index (χ3v) is 4.24.